The Balaban J connectivity index is 2.09. The van der Waals surface area contributed by atoms with Crippen LogP contribution in [0.2, 0.25) is 0 Å². The molecule has 8 heteroatoms. The molecule has 0 N–H and O–H groups in total. The van der Waals surface area contributed by atoms with Gasteiger partial charge in [-0.2, -0.15) is 5.26 Å². The van der Waals surface area contributed by atoms with E-state index in [0.717, 1.165) is 32.4 Å². The molecule has 31 heavy (non-hydrogen) atoms. The third kappa shape index (κ3) is 5.18. The topological polar surface area (TPSA) is 84.2 Å². The van der Waals surface area contributed by atoms with Crippen LogP contribution in [0.15, 0.2) is 53.4 Å². The lowest BCUT2D eigenvalue weighted by molar-refractivity contribution is 0.0533. The Kier molecular flexibility index (Phi) is 7.21. The van der Waals surface area contributed by atoms with Gasteiger partial charge in [-0.3, -0.25) is 0 Å². The second-order valence-electron chi connectivity index (χ2n) is 6.65. The van der Waals surface area contributed by atoms with Crippen molar-refractivity contribution in [2.24, 2.45) is 0 Å². The van der Waals surface area contributed by atoms with Crippen LogP contribution in [0.3, 0.4) is 0 Å². The molecule has 3 rings (SSSR count). The van der Waals surface area contributed by atoms with Gasteiger partial charge in [-0.25, -0.2) is 13.2 Å². The molecule has 1 aromatic heterocycles. The number of carbonyl (C=O) groups is 1. The number of esters is 1. The summed E-state index contributed by atoms with van der Waals surface area (Å²) in [7, 11) is -2.44. The van der Waals surface area contributed by atoms with Crippen molar-refractivity contribution in [1.29, 1.82) is 5.26 Å². The smallest absolute Gasteiger partial charge is 0.348 e. The third-order valence-corrected chi connectivity index (χ3v) is 8.09. The van der Waals surface area contributed by atoms with Crippen molar-refractivity contribution in [3.63, 3.8) is 0 Å². The van der Waals surface area contributed by atoms with Crippen molar-refractivity contribution < 1.29 is 17.9 Å². The Labute approximate surface area is 190 Å². The number of aryl methyl sites for hydroxylation is 1. The van der Waals surface area contributed by atoms with Crippen LogP contribution in [0.1, 0.15) is 34.0 Å². The molecule has 0 aliphatic rings. The average molecular weight is 472 g/mol. The minimum atomic E-state index is -3.26. The Bertz CT molecular complexity index is 1250. The van der Waals surface area contributed by atoms with Gasteiger partial charge < -0.3 is 4.74 Å². The summed E-state index contributed by atoms with van der Waals surface area (Å²) < 4.78 is 28.7. The van der Waals surface area contributed by atoms with E-state index >= 15 is 0 Å². The maximum Gasteiger partial charge on any atom is 0.348 e. The van der Waals surface area contributed by atoms with Gasteiger partial charge in [0.25, 0.3) is 0 Å². The van der Waals surface area contributed by atoms with Crippen LogP contribution in [0.5, 0.6) is 0 Å². The van der Waals surface area contributed by atoms with E-state index in [0.29, 0.717) is 27.3 Å². The molecule has 0 saturated heterocycles. The van der Waals surface area contributed by atoms with Crippen molar-refractivity contribution in [1.82, 2.24) is 0 Å². The van der Waals surface area contributed by atoms with Crippen molar-refractivity contribution in [3.8, 4) is 28.3 Å². The molecule has 0 fully saturated rings. The summed E-state index contributed by atoms with van der Waals surface area (Å²) >= 11 is 1.30. The van der Waals surface area contributed by atoms with E-state index in [1.54, 1.807) is 19.1 Å². The first-order valence-corrected chi connectivity index (χ1v) is 13.6. The third-order valence-electron chi connectivity index (χ3n) is 4.49. The number of carbonyl (C=O) groups excluding carboxylic acids is 1. The minimum absolute atomic E-state index is 0.257. The largest absolute Gasteiger partial charge is 0.462 e. The van der Waals surface area contributed by atoms with Gasteiger partial charge >= 0.3 is 5.97 Å². The molecule has 160 valence electrons. The van der Waals surface area contributed by atoms with E-state index < -0.39 is 14.8 Å². The van der Waals surface area contributed by atoms with E-state index in [1.807, 2.05) is 43.3 Å². The van der Waals surface area contributed by atoms with Crippen molar-refractivity contribution >= 4 is 37.0 Å². The number of hydrogen-bond acceptors (Lipinski definition) is 7. The molecule has 0 bridgehead atoms. The van der Waals surface area contributed by atoms with Gasteiger partial charge in [0, 0.05) is 32.4 Å². The van der Waals surface area contributed by atoms with Crippen LogP contribution in [0.4, 0.5) is 0 Å². The molecule has 0 aliphatic heterocycles. The molecular formula is C23H21NO4S3. The zero-order valence-corrected chi connectivity index (χ0v) is 19.8. The standard InChI is InChI=1S/C23H21NO4S3/c1-4-19-18(14-24)21(22(29-19)23(25)28-5-2)16-12-10-15(11-13-16)17-8-6-7-9-20(17)30-31(3,26)27/h6-13H,4-5H2,1-3H3. The van der Waals surface area contributed by atoms with E-state index in [2.05, 4.69) is 6.07 Å². The molecule has 0 aliphatic carbocycles. The van der Waals surface area contributed by atoms with Crippen LogP contribution >= 0.6 is 22.1 Å². The maximum atomic E-state index is 12.5. The van der Waals surface area contributed by atoms with Gasteiger partial charge in [0.1, 0.15) is 10.9 Å². The van der Waals surface area contributed by atoms with Gasteiger partial charge in [-0.15, -0.1) is 11.3 Å². The lowest BCUT2D eigenvalue weighted by Gasteiger charge is -2.10. The average Bonchev–Trinajstić information content (AvgIpc) is 3.12. The summed E-state index contributed by atoms with van der Waals surface area (Å²) in [5.41, 5.74) is 3.48. The molecule has 2 aromatic carbocycles. The summed E-state index contributed by atoms with van der Waals surface area (Å²) in [6.07, 6.45) is 1.83. The Hall–Kier alpha value is -2.60. The highest BCUT2D eigenvalue weighted by atomic mass is 33.1. The molecule has 0 amide bonds. The van der Waals surface area contributed by atoms with Crippen molar-refractivity contribution in [2.75, 3.05) is 12.9 Å². The fourth-order valence-corrected chi connectivity index (χ4v) is 6.47. The normalized spacial score (nSPS) is 11.2. The molecular weight excluding hydrogens is 450 g/mol. The Morgan fingerprint density at radius 2 is 1.74 bits per heavy atom. The Morgan fingerprint density at radius 1 is 1.10 bits per heavy atom. The molecule has 0 spiro atoms. The van der Waals surface area contributed by atoms with Crippen LogP contribution in [-0.2, 0) is 20.0 Å². The van der Waals surface area contributed by atoms with Crippen LogP contribution < -0.4 is 0 Å². The summed E-state index contributed by atoms with van der Waals surface area (Å²) in [6, 6.07) is 17.0. The molecule has 5 nitrogen and oxygen atoms in total. The quantitative estimate of drug-likeness (QED) is 0.322. The molecule has 0 saturated carbocycles. The van der Waals surface area contributed by atoms with Crippen molar-refractivity contribution in [3.05, 3.63) is 63.8 Å². The minimum Gasteiger partial charge on any atom is -0.462 e. The highest BCUT2D eigenvalue weighted by molar-refractivity contribution is 8.71. The zero-order valence-electron chi connectivity index (χ0n) is 17.3. The fourth-order valence-electron chi connectivity index (χ4n) is 3.22. The number of thiophene rings is 1. The van der Waals surface area contributed by atoms with Gasteiger partial charge in [0.2, 0.25) is 8.87 Å². The second kappa shape index (κ2) is 9.69. The first kappa shape index (κ1) is 23.1. The van der Waals surface area contributed by atoms with Crippen LogP contribution in [0.25, 0.3) is 22.3 Å². The van der Waals surface area contributed by atoms with Crippen LogP contribution in [-0.4, -0.2) is 27.2 Å². The van der Waals surface area contributed by atoms with E-state index in [4.69, 9.17) is 4.74 Å². The first-order valence-electron chi connectivity index (χ1n) is 9.61. The summed E-state index contributed by atoms with van der Waals surface area (Å²) in [5.74, 6) is -0.433. The van der Waals surface area contributed by atoms with Gasteiger partial charge in [0.15, 0.2) is 0 Å². The zero-order chi connectivity index (χ0) is 22.6. The highest BCUT2D eigenvalue weighted by Gasteiger charge is 2.24. The SMILES string of the molecule is CCOC(=O)c1sc(CC)c(C#N)c1-c1ccc(-c2ccccc2SS(C)(=O)=O)cc1. The van der Waals surface area contributed by atoms with Crippen LogP contribution in [0, 0.1) is 11.3 Å². The summed E-state index contributed by atoms with van der Waals surface area (Å²) in [5, 5.41) is 9.74. The molecule has 0 unspecified atom stereocenters. The van der Waals surface area contributed by atoms with E-state index in [9.17, 15) is 18.5 Å². The molecule has 0 atom stereocenters. The molecule has 1 heterocycles. The van der Waals surface area contributed by atoms with Crippen molar-refractivity contribution in [2.45, 2.75) is 25.2 Å². The van der Waals surface area contributed by atoms with E-state index in [1.165, 1.54) is 17.6 Å². The number of nitriles is 1. The number of hydrogen-bond donors (Lipinski definition) is 0. The van der Waals surface area contributed by atoms with E-state index in [-0.39, 0.29) is 6.61 Å². The lowest BCUT2D eigenvalue weighted by atomic mass is 9.97. The summed E-state index contributed by atoms with van der Waals surface area (Å²) in [6.45, 7) is 3.95. The number of rotatable bonds is 7. The monoisotopic (exact) mass is 471 g/mol. The molecule has 0 radical (unpaired) electrons. The highest BCUT2D eigenvalue weighted by Crippen LogP contribution is 2.39. The predicted octanol–water partition coefficient (Wildman–Crippen LogP) is 5.74. The fraction of sp³-hybridized carbons (Fsp3) is 0.217. The van der Waals surface area contributed by atoms with Gasteiger partial charge in [0.05, 0.1) is 12.2 Å². The number of ether oxygens (including phenoxy) is 1. The van der Waals surface area contributed by atoms with Gasteiger partial charge in [-0.1, -0.05) is 49.4 Å². The number of benzene rings is 2. The lowest BCUT2D eigenvalue weighted by Crippen LogP contribution is -2.04. The van der Waals surface area contributed by atoms with Gasteiger partial charge in [-0.05, 0) is 36.1 Å². The summed E-state index contributed by atoms with van der Waals surface area (Å²) in [4.78, 5) is 14.4. The predicted molar refractivity (Wildman–Crippen MR) is 126 cm³/mol. The maximum absolute atomic E-state index is 12.5. The Morgan fingerprint density at radius 3 is 2.32 bits per heavy atom. The number of nitrogens with zero attached hydrogens (tertiary/aromatic N) is 1. The first-order chi connectivity index (χ1) is 14.8. The second-order valence-corrected chi connectivity index (χ2v) is 12.1. The molecule has 3 aromatic rings.